The highest BCUT2D eigenvalue weighted by Gasteiger charge is 2.22. The van der Waals surface area contributed by atoms with Crippen LogP contribution in [0.4, 0.5) is 4.79 Å². The summed E-state index contributed by atoms with van der Waals surface area (Å²) in [6.07, 6.45) is 4.62. The molecule has 0 aromatic rings. The van der Waals surface area contributed by atoms with Gasteiger partial charge in [0.1, 0.15) is 5.60 Å². The number of rotatable bonds is 11. The molecule has 0 spiro atoms. The summed E-state index contributed by atoms with van der Waals surface area (Å²) in [6, 6.07) is 0. The Kier molecular flexibility index (Phi) is 33.0. The smallest absolute Gasteiger partial charge is 0.410 e. The van der Waals surface area contributed by atoms with Gasteiger partial charge in [0.2, 0.25) is 0 Å². The van der Waals surface area contributed by atoms with Crippen LogP contribution in [0, 0.1) is 0 Å². The van der Waals surface area contributed by atoms with Gasteiger partial charge in [0.15, 0.2) is 0 Å². The summed E-state index contributed by atoms with van der Waals surface area (Å²) in [4.78, 5) is 34.9. The molecule has 0 heterocycles. The van der Waals surface area contributed by atoms with Crippen LogP contribution in [0.1, 0.15) is 79.6 Å². The van der Waals surface area contributed by atoms with E-state index in [0.29, 0.717) is 19.5 Å². The Morgan fingerprint density at radius 1 is 0.806 bits per heavy atom. The van der Waals surface area contributed by atoms with Crippen LogP contribution in [0.3, 0.4) is 0 Å². The first-order valence-corrected chi connectivity index (χ1v) is 12.1. The van der Waals surface area contributed by atoms with E-state index in [2.05, 4.69) is 39.6 Å². The summed E-state index contributed by atoms with van der Waals surface area (Å²) >= 11 is 0. The molecule has 0 bridgehead atoms. The number of carbonyl (C=O) groups is 3. The fourth-order valence-corrected chi connectivity index (χ4v) is 2.02. The van der Waals surface area contributed by atoms with Gasteiger partial charge in [0.05, 0.1) is 20.6 Å². The number of unbranched alkanes of at least 4 members (excludes halogenated alkanes) is 3. The summed E-state index contributed by atoms with van der Waals surface area (Å²) < 4.78 is 14.3. The van der Waals surface area contributed by atoms with E-state index < -0.39 is 18.4 Å². The number of carbonyl (C=O) groups excluding carboxylic acids is 3. The summed E-state index contributed by atoms with van der Waals surface area (Å²) in [5.41, 5.74) is -0.520. The Morgan fingerprint density at radius 3 is 1.58 bits per heavy atom. The zero-order valence-electron chi connectivity index (χ0n) is 23.5. The summed E-state index contributed by atoms with van der Waals surface area (Å²) in [7, 11) is 32.6. The predicted octanol–water partition coefficient (Wildman–Crippen LogP) is 0.899. The lowest BCUT2D eigenvalue weighted by atomic mass is 8.97. The number of methoxy groups -OCH3 is 2. The number of nitrogens with zero attached hydrogens (tertiary/aromatic N) is 1. The normalized spacial score (nSPS) is 9.31. The molecule has 16 heteroatoms. The van der Waals surface area contributed by atoms with Gasteiger partial charge >= 0.3 is 18.0 Å². The maximum atomic E-state index is 11.8. The van der Waals surface area contributed by atoms with E-state index in [0.717, 1.165) is 19.3 Å². The monoisotopic (exact) mass is 488 g/mol. The molecule has 187 valence electrons. The van der Waals surface area contributed by atoms with Crippen LogP contribution in [0.2, 0.25) is 0 Å². The number of hydrogen-bond acceptors (Lipinski definition) is 6. The highest BCUT2D eigenvalue weighted by molar-refractivity contribution is 7.60. The lowest BCUT2D eigenvalue weighted by Crippen LogP contribution is -2.38. The Morgan fingerprint density at radius 2 is 1.25 bits per heavy atom. The zero-order chi connectivity index (χ0) is 29.2. The van der Waals surface area contributed by atoms with Gasteiger partial charge in [0.25, 0.3) is 0 Å². The molecular formula is C20H39B9NO6. The minimum Gasteiger partial charge on any atom is -0.469 e. The van der Waals surface area contributed by atoms with Crippen LogP contribution in [0.25, 0.3) is 0 Å². The van der Waals surface area contributed by atoms with E-state index in [-0.39, 0.29) is 24.5 Å². The fourth-order valence-electron chi connectivity index (χ4n) is 2.02. The van der Waals surface area contributed by atoms with Crippen LogP contribution < -0.4 is 0 Å². The third-order valence-electron chi connectivity index (χ3n) is 3.64. The van der Waals surface area contributed by atoms with Gasteiger partial charge in [-0.15, -0.1) is 0 Å². The van der Waals surface area contributed by atoms with Crippen molar-refractivity contribution in [3.63, 3.8) is 0 Å². The summed E-state index contributed by atoms with van der Waals surface area (Å²) in [5, 5.41) is 0. The molecule has 0 aromatic heterocycles. The highest BCUT2D eigenvalue weighted by Crippen LogP contribution is 2.10. The molecule has 0 aliphatic heterocycles. The predicted molar refractivity (Wildman–Crippen MR) is 157 cm³/mol. The lowest BCUT2D eigenvalue weighted by Gasteiger charge is -2.26. The van der Waals surface area contributed by atoms with Gasteiger partial charge in [-0.05, 0) is 33.6 Å². The second-order valence-electron chi connectivity index (χ2n) is 8.53. The molecule has 13 radical (unpaired) electrons. The van der Waals surface area contributed by atoms with Crippen molar-refractivity contribution in [2.24, 2.45) is 0 Å². The largest absolute Gasteiger partial charge is 0.469 e. The molecule has 0 atom stereocenters. The van der Waals surface area contributed by atoms with Gasteiger partial charge in [0, 0.05) is 85.8 Å². The Hall–Kier alpha value is -1.21. The van der Waals surface area contributed by atoms with Crippen LogP contribution in [0.5, 0.6) is 0 Å². The number of amides is 1. The average molecular weight is 487 g/mol. The molecule has 0 N–H and O–H groups in total. The molecule has 7 nitrogen and oxygen atoms in total. The van der Waals surface area contributed by atoms with Gasteiger partial charge in [-0.25, -0.2) is 4.79 Å². The minimum absolute atomic E-state index is 0.0869. The molecule has 0 aliphatic carbocycles. The Bertz CT molecular complexity index is 536. The number of hydrogen-bond donors (Lipinski definition) is 0. The fraction of sp³-hybridized carbons (Fsp3) is 0.850. The van der Waals surface area contributed by atoms with Gasteiger partial charge in [-0.1, -0.05) is 33.1 Å². The van der Waals surface area contributed by atoms with Crippen molar-refractivity contribution in [3.8, 4) is 0 Å². The van der Waals surface area contributed by atoms with E-state index in [1.54, 1.807) is 0 Å². The zero-order valence-corrected chi connectivity index (χ0v) is 23.5. The van der Waals surface area contributed by atoms with E-state index >= 15 is 0 Å². The molecule has 36 heavy (non-hydrogen) atoms. The first kappa shape index (κ1) is 41.9. The van der Waals surface area contributed by atoms with Crippen molar-refractivity contribution in [1.82, 2.24) is 4.90 Å². The third-order valence-corrected chi connectivity index (χ3v) is 3.64. The SMILES string of the molecule is CCCCCCC(=O)OC.CCCN(CCC(=O)OC)C(=O)OC(C)(C)C.[B]B([B])[B].[B][B]B([B])[B]. The van der Waals surface area contributed by atoms with E-state index in [4.69, 9.17) is 27.9 Å². The topological polar surface area (TPSA) is 82.1 Å². The van der Waals surface area contributed by atoms with E-state index in [1.165, 1.54) is 39.0 Å². The molecule has 1 amide bonds. The molecule has 0 saturated carbocycles. The average Bonchev–Trinajstić information content (AvgIpc) is 2.78. The number of esters is 2. The molecule has 0 saturated heterocycles. The van der Waals surface area contributed by atoms with Crippen molar-refractivity contribution in [3.05, 3.63) is 0 Å². The molecule has 0 aliphatic rings. The minimum atomic E-state index is -0.667. The number of ether oxygens (including phenoxy) is 3. The lowest BCUT2D eigenvalue weighted by molar-refractivity contribution is -0.141. The van der Waals surface area contributed by atoms with Crippen LogP contribution in [0.15, 0.2) is 0 Å². The van der Waals surface area contributed by atoms with E-state index in [1.807, 2.05) is 27.7 Å². The highest BCUT2D eigenvalue weighted by atomic mass is 16.6. The first-order chi connectivity index (χ1) is 16.6. The second-order valence-corrected chi connectivity index (χ2v) is 8.53. The van der Waals surface area contributed by atoms with Crippen molar-refractivity contribution < 1.29 is 28.6 Å². The standard InChI is InChI=1S/C12H23NO4.C8H16O2.B5.B4/c1-6-8-13(9-7-10(14)16-5)11(15)17-12(2,3)4;1-3-4-5-6-7-8(9)10-2;1-4-5(2)3;1-4(2)3/h6-9H2,1-5H3;3-7H2,1-2H3;;. The van der Waals surface area contributed by atoms with Gasteiger partial charge in [-0.3, -0.25) is 9.59 Å². The molecule has 0 aromatic carbocycles. The maximum Gasteiger partial charge on any atom is 0.410 e. The maximum absolute atomic E-state index is 11.8. The second kappa shape index (κ2) is 28.4. The van der Waals surface area contributed by atoms with Crippen molar-refractivity contribution in [2.45, 2.75) is 85.2 Å². The van der Waals surface area contributed by atoms with Gasteiger partial charge < -0.3 is 19.1 Å². The quantitative estimate of drug-likeness (QED) is 0.187. The van der Waals surface area contributed by atoms with Crippen molar-refractivity contribution in [2.75, 3.05) is 27.3 Å². The molecular weight excluding hydrogens is 448 g/mol. The van der Waals surface area contributed by atoms with Crippen LogP contribution >= 0.6 is 0 Å². The van der Waals surface area contributed by atoms with E-state index in [9.17, 15) is 14.4 Å². The third kappa shape index (κ3) is 42.9. The van der Waals surface area contributed by atoms with Crippen molar-refractivity contribution >= 4 is 84.3 Å². The van der Waals surface area contributed by atoms with Crippen LogP contribution in [-0.2, 0) is 23.8 Å². The summed E-state index contributed by atoms with van der Waals surface area (Å²) in [6.45, 7) is 10.5. The summed E-state index contributed by atoms with van der Waals surface area (Å²) in [5.74, 6) is -0.411. The molecule has 0 unspecified atom stereocenters. The first-order valence-electron chi connectivity index (χ1n) is 12.1. The Labute approximate surface area is 230 Å². The molecule has 0 fully saturated rings. The van der Waals surface area contributed by atoms with Crippen molar-refractivity contribution in [1.29, 1.82) is 0 Å². The Balaban J connectivity index is -0.000000226. The molecule has 0 rings (SSSR count). The van der Waals surface area contributed by atoms with Crippen LogP contribution in [-0.4, -0.2) is 122 Å². The van der Waals surface area contributed by atoms with Gasteiger partial charge in [-0.2, -0.15) is 0 Å².